The molecule has 0 aromatic heterocycles. The third-order valence-electron chi connectivity index (χ3n) is 3.61. The molecule has 0 spiro atoms. The Morgan fingerprint density at radius 2 is 1.94 bits per heavy atom. The standard InChI is InChI=1S/C14H18BrClO2/c1-17-13-8-11(15)14(18-2)7-10(13)12(16)6-9-4-3-5-9/h7-9,12H,3-6H2,1-2H3. The second kappa shape index (κ2) is 6.16. The Labute approximate surface area is 122 Å². The van der Waals surface area contributed by atoms with Crippen LogP contribution in [0.1, 0.15) is 36.6 Å². The minimum absolute atomic E-state index is 0.00718. The van der Waals surface area contributed by atoms with Crippen molar-refractivity contribution in [2.45, 2.75) is 31.1 Å². The summed E-state index contributed by atoms with van der Waals surface area (Å²) in [4.78, 5) is 0. The Morgan fingerprint density at radius 1 is 1.28 bits per heavy atom. The maximum absolute atomic E-state index is 6.53. The quantitative estimate of drug-likeness (QED) is 0.711. The topological polar surface area (TPSA) is 18.5 Å². The summed E-state index contributed by atoms with van der Waals surface area (Å²) in [5.74, 6) is 2.39. The molecule has 4 heteroatoms. The van der Waals surface area contributed by atoms with Crippen LogP contribution in [0.4, 0.5) is 0 Å². The number of benzene rings is 1. The Morgan fingerprint density at radius 3 is 2.44 bits per heavy atom. The van der Waals surface area contributed by atoms with Crippen LogP contribution >= 0.6 is 27.5 Å². The van der Waals surface area contributed by atoms with Crippen molar-refractivity contribution in [3.8, 4) is 11.5 Å². The molecule has 1 aliphatic carbocycles. The van der Waals surface area contributed by atoms with Gasteiger partial charge >= 0.3 is 0 Å². The predicted octanol–water partition coefficient (Wildman–Crippen LogP) is 4.94. The summed E-state index contributed by atoms with van der Waals surface area (Å²) >= 11 is 9.99. The monoisotopic (exact) mass is 332 g/mol. The average molecular weight is 334 g/mol. The van der Waals surface area contributed by atoms with Crippen LogP contribution in [0.15, 0.2) is 16.6 Å². The van der Waals surface area contributed by atoms with Gasteiger partial charge in [-0.25, -0.2) is 0 Å². The van der Waals surface area contributed by atoms with Gasteiger partial charge in [0.25, 0.3) is 0 Å². The lowest BCUT2D eigenvalue weighted by Crippen LogP contribution is -2.13. The zero-order valence-electron chi connectivity index (χ0n) is 10.7. The molecule has 18 heavy (non-hydrogen) atoms. The fraction of sp³-hybridized carbons (Fsp3) is 0.571. The van der Waals surface area contributed by atoms with Gasteiger partial charge in [0, 0.05) is 5.56 Å². The molecule has 0 radical (unpaired) electrons. The van der Waals surface area contributed by atoms with Gasteiger partial charge in [-0.3, -0.25) is 0 Å². The van der Waals surface area contributed by atoms with Gasteiger partial charge < -0.3 is 9.47 Å². The highest BCUT2D eigenvalue weighted by molar-refractivity contribution is 9.10. The molecule has 0 heterocycles. The van der Waals surface area contributed by atoms with E-state index in [1.165, 1.54) is 19.3 Å². The van der Waals surface area contributed by atoms with Gasteiger partial charge in [0.15, 0.2) is 0 Å². The number of halogens is 2. The lowest BCUT2D eigenvalue weighted by Gasteiger charge is -2.28. The number of methoxy groups -OCH3 is 2. The number of ether oxygens (including phenoxy) is 2. The first kappa shape index (κ1) is 14.0. The van der Waals surface area contributed by atoms with Crippen molar-refractivity contribution in [3.63, 3.8) is 0 Å². The van der Waals surface area contributed by atoms with Gasteiger partial charge in [-0.15, -0.1) is 11.6 Å². The molecule has 0 bridgehead atoms. The maximum Gasteiger partial charge on any atom is 0.133 e. The molecule has 1 unspecified atom stereocenters. The van der Waals surface area contributed by atoms with Crippen LogP contribution in [-0.2, 0) is 0 Å². The first-order chi connectivity index (χ1) is 8.65. The normalized spacial score (nSPS) is 17.1. The molecule has 2 nitrogen and oxygen atoms in total. The van der Waals surface area contributed by atoms with Crippen molar-refractivity contribution < 1.29 is 9.47 Å². The van der Waals surface area contributed by atoms with E-state index in [-0.39, 0.29) is 5.38 Å². The van der Waals surface area contributed by atoms with Gasteiger partial charge in [0.2, 0.25) is 0 Å². The fourth-order valence-electron chi connectivity index (χ4n) is 2.28. The Hall–Kier alpha value is -0.410. The van der Waals surface area contributed by atoms with E-state index in [9.17, 15) is 0 Å². The molecule has 100 valence electrons. The zero-order valence-corrected chi connectivity index (χ0v) is 13.1. The molecule has 1 aromatic carbocycles. The first-order valence-corrected chi connectivity index (χ1v) is 7.44. The van der Waals surface area contributed by atoms with E-state index in [2.05, 4.69) is 15.9 Å². The molecule has 1 aliphatic rings. The molecule has 1 saturated carbocycles. The van der Waals surface area contributed by atoms with E-state index in [1.807, 2.05) is 12.1 Å². The second-order valence-electron chi connectivity index (χ2n) is 4.73. The minimum atomic E-state index is -0.00718. The maximum atomic E-state index is 6.53. The zero-order chi connectivity index (χ0) is 13.1. The van der Waals surface area contributed by atoms with E-state index in [0.29, 0.717) is 0 Å². The van der Waals surface area contributed by atoms with E-state index < -0.39 is 0 Å². The SMILES string of the molecule is COc1cc(C(Cl)CC2CCC2)c(OC)cc1Br. The van der Waals surface area contributed by atoms with Gasteiger partial charge in [0.1, 0.15) is 11.5 Å². The second-order valence-corrected chi connectivity index (χ2v) is 6.11. The Balaban J connectivity index is 2.22. The third-order valence-corrected chi connectivity index (χ3v) is 4.64. The molecular weight excluding hydrogens is 316 g/mol. The van der Waals surface area contributed by atoms with E-state index in [0.717, 1.165) is 33.9 Å². The molecular formula is C14H18BrClO2. The molecule has 0 saturated heterocycles. The molecule has 1 aromatic rings. The summed E-state index contributed by atoms with van der Waals surface area (Å²) < 4.78 is 11.6. The predicted molar refractivity (Wildman–Crippen MR) is 77.8 cm³/mol. The highest BCUT2D eigenvalue weighted by Crippen LogP contribution is 2.43. The minimum Gasteiger partial charge on any atom is -0.496 e. The van der Waals surface area contributed by atoms with E-state index in [1.54, 1.807) is 14.2 Å². The van der Waals surface area contributed by atoms with Gasteiger partial charge in [-0.05, 0) is 40.4 Å². The summed E-state index contributed by atoms with van der Waals surface area (Å²) in [5.41, 5.74) is 1.02. The molecule has 0 amide bonds. The van der Waals surface area contributed by atoms with Gasteiger partial charge in [-0.1, -0.05) is 19.3 Å². The molecule has 1 atom stereocenters. The van der Waals surface area contributed by atoms with Crippen molar-refractivity contribution in [3.05, 3.63) is 22.2 Å². The highest BCUT2D eigenvalue weighted by atomic mass is 79.9. The Bertz CT molecular complexity index is 419. The third kappa shape index (κ3) is 2.94. The Kier molecular flexibility index (Phi) is 4.79. The number of hydrogen-bond acceptors (Lipinski definition) is 2. The van der Waals surface area contributed by atoms with Crippen LogP contribution in [0.3, 0.4) is 0 Å². The summed E-state index contributed by atoms with van der Waals surface area (Å²) in [6.45, 7) is 0. The van der Waals surface area contributed by atoms with E-state index >= 15 is 0 Å². The van der Waals surface area contributed by atoms with Crippen LogP contribution < -0.4 is 9.47 Å². The number of hydrogen-bond donors (Lipinski definition) is 0. The van der Waals surface area contributed by atoms with Crippen LogP contribution in [0.25, 0.3) is 0 Å². The van der Waals surface area contributed by atoms with Crippen molar-refractivity contribution in [1.82, 2.24) is 0 Å². The average Bonchev–Trinajstić information content (AvgIpc) is 2.33. The molecule has 0 N–H and O–H groups in total. The van der Waals surface area contributed by atoms with Crippen molar-refractivity contribution in [2.75, 3.05) is 14.2 Å². The summed E-state index contributed by atoms with van der Waals surface area (Å²) in [5, 5.41) is -0.00718. The molecule has 1 fully saturated rings. The van der Waals surface area contributed by atoms with Crippen molar-refractivity contribution in [2.24, 2.45) is 5.92 Å². The lowest BCUT2D eigenvalue weighted by molar-refractivity contribution is 0.291. The van der Waals surface area contributed by atoms with Crippen LogP contribution in [0.2, 0.25) is 0 Å². The van der Waals surface area contributed by atoms with Gasteiger partial charge in [0.05, 0.1) is 24.1 Å². The molecule has 2 rings (SSSR count). The molecule has 0 aliphatic heterocycles. The van der Waals surface area contributed by atoms with E-state index in [4.69, 9.17) is 21.1 Å². The van der Waals surface area contributed by atoms with Crippen LogP contribution in [0.5, 0.6) is 11.5 Å². The fourth-order valence-corrected chi connectivity index (χ4v) is 3.18. The number of alkyl halides is 1. The lowest BCUT2D eigenvalue weighted by atomic mass is 9.81. The number of rotatable bonds is 5. The summed E-state index contributed by atoms with van der Waals surface area (Å²) in [6, 6.07) is 3.89. The summed E-state index contributed by atoms with van der Waals surface area (Å²) in [6.07, 6.45) is 4.97. The van der Waals surface area contributed by atoms with Gasteiger partial charge in [-0.2, -0.15) is 0 Å². The van der Waals surface area contributed by atoms with Crippen molar-refractivity contribution in [1.29, 1.82) is 0 Å². The van der Waals surface area contributed by atoms with Crippen molar-refractivity contribution >= 4 is 27.5 Å². The summed E-state index contributed by atoms with van der Waals surface area (Å²) in [7, 11) is 3.33. The first-order valence-electron chi connectivity index (χ1n) is 6.21. The van der Waals surface area contributed by atoms with Crippen LogP contribution in [0, 0.1) is 5.92 Å². The van der Waals surface area contributed by atoms with Crippen LogP contribution in [-0.4, -0.2) is 14.2 Å². The highest BCUT2D eigenvalue weighted by Gasteiger charge is 2.24. The smallest absolute Gasteiger partial charge is 0.133 e. The largest absolute Gasteiger partial charge is 0.496 e.